The van der Waals surface area contributed by atoms with Gasteiger partial charge in [-0.05, 0) is 36.2 Å². The molecule has 0 aliphatic carbocycles. The van der Waals surface area contributed by atoms with Crippen LogP contribution >= 0.6 is 11.3 Å². The fourth-order valence-corrected chi connectivity index (χ4v) is 4.37. The van der Waals surface area contributed by atoms with E-state index in [0.29, 0.717) is 19.5 Å². The molecule has 1 aromatic heterocycles. The minimum absolute atomic E-state index is 0.133. The predicted molar refractivity (Wildman–Crippen MR) is 118 cm³/mol. The molecule has 0 bridgehead atoms. The second kappa shape index (κ2) is 8.66. The Hall–Kier alpha value is -2.86. The molecular weight excluding hydrogens is 382 g/mol. The molecule has 29 heavy (non-hydrogen) atoms. The Bertz CT molecular complexity index is 959. The van der Waals surface area contributed by atoms with Crippen LogP contribution in [0.4, 0.5) is 5.69 Å². The fraction of sp³-hybridized carbons (Fsp3) is 0.304. The molecule has 1 N–H and O–H groups in total. The van der Waals surface area contributed by atoms with Crippen molar-refractivity contribution in [2.45, 2.75) is 19.8 Å². The molecule has 1 amide bonds. The molecule has 6 heteroatoms. The number of aromatic hydroxyl groups is 1. The zero-order valence-electron chi connectivity index (χ0n) is 16.5. The molecule has 0 saturated carbocycles. The number of anilines is 1. The third-order valence-corrected chi connectivity index (χ3v) is 6.28. The van der Waals surface area contributed by atoms with Gasteiger partial charge in [0.2, 0.25) is 5.91 Å². The maximum absolute atomic E-state index is 12.7. The van der Waals surface area contributed by atoms with Crippen LogP contribution < -0.4 is 4.90 Å². The van der Waals surface area contributed by atoms with Crippen LogP contribution in [0.3, 0.4) is 0 Å². The van der Waals surface area contributed by atoms with E-state index in [9.17, 15) is 9.90 Å². The highest BCUT2D eigenvalue weighted by molar-refractivity contribution is 7.13. The predicted octanol–water partition coefficient (Wildman–Crippen LogP) is 3.97. The highest BCUT2D eigenvalue weighted by Gasteiger charge is 2.22. The minimum atomic E-state index is 0.133. The van der Waals surface area contributed by atoms with Crippen LogP contribution in [0.15, 0.2) is 53.9 Å². The second-order valence-corrected chi connectivity index (χ2v) is 8.11. The van der Waals surface area contributed by atoms with Gasteiger partial charge in [0.05, 0.1) is 12.1 Å². The van der Waals surface area contributed by atoms with Crippen LogP contribution in [0.1, 0.15) is 18.2 Å². The Balaban J connectivity index is 1.33. The number of thiazole rings is 1. The molecule has 3 aromatic rings. The van der Waals surface area contributed by atoms with Crippen LogP contribution in [-0.4, -0.2) is 47.1 Å². The van der Waals surface area contributed by atoms with Crippen molar-refractivity contribution < 1.29 is 9.90 Å². The molecule has 0 radical (unpaired) electrons. The van der Waals surface area contributed by atoms with E-state index in [0.717, 1.165) is 41.5 Å². The molecule has 5 nitrogen and oxygen atoms in total. The van der Waals surface area contributed by atoms with Crippen molar-refractivity contribution in [1.82, 2.24) is 9.88 Å². The van der Waals surface area contributed by atoms with Gasteiger partial charge in [-0.15, -0.1) is 11.3 Å². The van der Waals surface area contributed by atoms with Crippen molar-refractivity contribution in [3.63, 3.8) is 0 Å². The largest absolute Gasteiger partial charge is 0.508 e. The van der Waals surface area contributed by atoms with E-state index in [-0.39, 0.29) is 11.7 Å². The summed E-state index contributed by atoms with van der Waals surface area (Å²) in [4.78, 5) is 21.6. The van der Waals surface area contributed by atoms with Crippen molar-refractivity contribution in [3.05, 3.63) is 65.2 Å². The number of phenols is 1. The molecule has 0 spiro atoms. The second-order valence-electron chi connectivity index (χ2n) is 7.26. The molecule has 150 valence electrons. The number of rotatable bonds is 5. The molecule has 2 aromatic carbocycles. The zero-order chi connectivity index (χ0) is 20.2. The highest BCUT2D eigenvalue weighted by Crippen LogP contribution is 2.25. The van der Waals surface area contributed by atoms with Gasteiger partial charge in [0.25, 0.3) is 0 Å². The van der Waals surface area contributed by atoms with Gasteiger partial charge >= 0.3 is 0 Å². The number of piperazine rings is 1. The number of benzene rings is 2. The number of carbonyl (C=O) groups excluding carboxylic acids is 1. The zero-order valence-corrected chi connectivity index (χ0v) is 17.4. The lowest BCUT2D eigenvalue weighted by molar-refractivity contribution is -0.130. The first-order chi connectivity index (χ1) is 14.1. The summed E-state index contributed by atoms with van der Waals surface area (Å²) in [7, 11) is 0. The SMILES string of the molecule is CCc1ccc(-c2nc(CC(=O)N3CCN(c4ccc(O)cc4)CC3)cs2)cc1. The monoisotopic (exact) mass is 407 g/mol. The summed E-state index contributed by atoms with van der Waals surface area (Å²) in [5.41, 5.74) is 4.34. The number of hydrogen-bond donors (Lipinski definition) is 1. The maximum atomic E-state index is 12.7. The average Bonchev–Trinajstić information content (AvgIpc) is 3.23. The van der Waals surface area contributed by atoms with Gasteiger partial charge in [-0.25, -0.2) is 4.98 Å². The summed E-state index contributed by atoms with van der Waals surface area (Å²) in [5.74, 6) is 0.403. The van der Waals surface area contributed by atoms with Gasteiger partial charge in [0.15, 0.2) is 0 Å². The Morgan fingerprint density at radius 2 is 1.72 bits per heavy atom. The first-order valence-corrected chi connectivity index (χ1v) is 10.9. The van der Waals surface area contributed by atoms with Crippen molar-refractivity contribution >= 4 is 22.9 Å². The lowest BCUT2D eigenvalue weighted by Crippen LogP contribution is -2.49. The number of carbonyl (C=O) groups is 1. The topological polar surface area (TPSA) is 56.7 Å². The Morgan fingerprint density at radius 3 is 2.38 bits per heavy atom. The molecule has 1 saturated heterocycles. The number of hydrogen-bond acceptors (Lipinski definition) is 5. The smallest absolute Gasteiger partial charge is 0.228 e. The maximum Gasteiger partial charge on any atom is 0.228 e. The first kappa shape index (κ1) is 19.5. The Labute approximate surface area is 175 Å². The van der Waals surface area contributed by atoms with E-state index < -0.39 is 0 Å². The molecule has 1 aliphatic rings. The van der Waals surface area contributed by atoms with Gasteiger partial charge in [-0.3, -0.25) is 4.79 Å². The third-order valence-electron chi connectivity index (χ3n) is 5.34. The van der Waals surface area contributed by atoms with Crippen LogP contribution in [0.25, 0.3) is 10.6 Å². The summed E-state index contributed by atoms with van der Waals surface area (Å²) in [5, 5.41) is 12.4. The number of phenolic OH excluding ortho intramolecular Hbond substituents is 1. The summed E-state index contributed by atoms with van der Waals surface area (Å²) < 4.78 is 0. The molecule has 0 unspecified atom stereocenters. The number of amides is 1. The summed E-state index contributed by atoms with van der Waals surface area (Å²) in [6.45, 7) is 5.14. The lowest BCUT2D eigenvalue weighted by atomic mass is 10.1. The molecule has 0 atom stereocenters. The van der Waals surface area contributed by atoms with Crippen LogP contribution in [0.5, 0.6) is 5.75 Å². The number of nitrogens with zero attached hydrogens (tertiary/aromatic N) is 3. The van der Waals surface area contributed by atoms with Crippen molar-refractivity contribution in [2.24, 2.45) is 0 Å². The van der Waals surface area contributed by atoms with E-state index in [4.69, 9.17) is 0 Å². The first-order valence-electron chi connectivity index (χ1n) is 9.98. The molecule has 1 aliphatic heterocycles. The highest BCUT2D eigenvalue weighted by atomic mass is 32.1. The average molecular weight is 408 g/mol. The van der Waals surface area contributed by atoms with Gasteiger partial charge in [-0.2, -0.15) is 0 Å². The summed E-state index contributed by atoms with van der Waals surface area (Å²) in [6, 6.07) is 15.7. The summed E-state index contributed by atoms with van der Waals surface area (Å²) >= 11 is 1.59. The van der Waals surface area contributed by atoms with E-state index in [1.165, 1.54) is 5.56 Å². The van der Waals surface area contributed by atoms with Crippen molar-refractivity contribution in [3.8, 4) is 16.3 Å². The van der Waals surface area contributed by atoms with Gasteiger partial charge < -0.3 is 14.9 Å². The standard InChI is InChI=1S/C23H25N3O2S/c1-2-17-3-5-18(6-4-17)23-24-19(16-29-23)15-22(28)26-13-11-25(12-14-26)20-7-9-21(27)10-8-20/h3-10,16,27H,2,11-15H2,1H3. The summed E-state index contributed by atoms with van der Waals surface area (Å²) in [6.07, 6.45) is 1.38. The fourth-order valence-electron chi connectivity index (χ4n) is 3.55. The third kappa shape index (κ3) is 4.59. The van der Waals surface area contributed by atoms with Crippen LogP contribution in [0, 0.1) is 0 Å². The van der Waals surface area contributed by atoms with E-state index >= 15 is 0 Å². The van der Waals surface area contributed by atoms with E-state index in [2.05, 4.69) is 41.1 Å². The van der Waals surface area contributed by atoms with Gasteiger partial charge in [-0.1, -0.05) is 31.2 Å². The van der Waals surface area contributed by atoms with Crippen LogP contribution in [0.2, 0.25) is 0 Å². The number of aryl methyl sites for hydroxylation is 1. The van der Waals surface area contributed by atoms with Crippen molar-refractivity contribution in [1.29, 1.82) is 0 Å². The van der Waals surface area contributed by atoms with Crippen LogP contribution in [-0.2, 0) is 17.6 Å². The molecule has 2 heterocycles. The van der Waals surface area contributed by atoms with Gasteiger partial charge in [0.1, 0.15) is 10.8 Å². The normalized spacial score (nSPS) is 14.2. The van der Waals surface area contributed by atoms with Crippen molar-refractivity contribution in [2.75, 3.05) is 31.1 Å². The molecule has 4 rings (SSSR count). The quantitative estimate of drug-likeness (QED) is 0.695. The minimum Gasteiger partial charge on any atom is -0.508 e. The lowest BCUT2D eigenvalue weighted by Gasteiger charge is -2.36. The van der Waals surface area contributed by atoms with Gasteiger partial charge in [0, 0.05) is 42.8 Å². The Kier molecular flexibility index (Phi) is 5.81. The molecule has 1 fully saturated rings. The van der Waals surface area contributed by atoms with E-state index in [1.54, 1.807) is 23.5 Å². The van der Waals surface area contributed by atoms with E-state index in [1.807, 2.05) is 22.4 Å². The number of aromatic nitrogens is 1. The Morgan fingerprint density at radius 1 is 1.03 bits per heavy atom. The molecular formula is C23H25N3O2S.